The summed E-state index contributed by atoms with van der Waals surface area (Å²) in [4.78, 5) is 0. The molecule has 76 valence electrons. The highest BCUT2D eigenvalue weighted by Crippen LogP contribution is 2.41. The van der Waals surface area contributed by atoms with Crippen LogP contribution in [-0.2, 0) is 0 Å². The third-order valence-corrected chi connectivity index (χ3v) is 4.51. The molecule has 0 aromatic heterocycles. The second-order valence-corrected chi connectivity index (χ2v) is 5.82. The summed E-state index contributed by atoms with van der Waals surface area (Å²) in [7, 11) is 0. The maximum absolute atomic E-state index is 4.03. The van der Waals surface area contributed by atoms with Crippen LogP contribution in [-0.4, -0.2) is 11.0 Å². The van der Waals surface area contributed by atoms with Gasteiger partial charge in [0.2, 0.25) is 0 Å². The van der Waals surface area contributed by atoms with Crippen LogP contribution in [0, 0.1) is 11.8 Å². The number of thioether (sulfide) groups is 1. The lowest BCUT2D eigenvalue weighted by atomic mass is 9.84. The molecule has 0 saturated carbocycles. The Labute approximate surface area is 87.2 Å². The van der Waals surface area contributed by atoms with Gasteiger partial charge in [-0.3, -0.25) is 0 Å². The summed E-state index contributed by atoms with van der Waals surface area (Å²) in [6.45, 7) is 10.9. The minimum atomic E-state index is 0.879. The summed E-state index contributed by atoms with van der Waals surface area (Å²) >= 11 is 2.15. The maximum Gasteiger partial charge on any atom is 0.00501 e. The number of allylic oxidation sites excluding steroid dienone is 1. The van der Waals surface area contributed by atoms with Gasteiger partial charge in [-0.25, -0.2) is 0 Å². The molecule has 0 N–H and O–H groups in total. The first-order chi connectivity index (χ1) is 6.15. The Bertz CT molecular complexity index is 174. The van der Waals surface area contributed by atoms with Gasteiger partial charge in [-0.05, 0) is 37.4 Å². The molecular weight excluding hydrogens is 176 g/mol. The van der Waals surface area contributed by atoms with Crippen molar-refractivity contribution in [3.63, 3.8) is 0 Å². The largest absolute Gasteiger partial charge is 0.158 e. The Kier molecular flexibility index (Phi) is 4.37. The minimum Gasteiger partial charge on any atom is -0.158 e. The van der Waals surface area contributed by atoms with Gasteiger partial charge in [0.1, 0.15) is 0 Å². The van der Waals surface area contributed by atoms with E-state index in [0.29, 0.717) is 0 Å². The summed E-state index contributed by atoms with van der Waals surface area (Å²) < 4.78 is 0. The summed E-state index contributed by atoms with van der Waals surface area (Å²) in [6, 6.07) is 0. The standard InChI is InChI=1S/C12H22S/c1-5-6-12-10(4)13-8-11(12)7-9(2)3/h10-12H,2,5-8H2,1,3-4H3. The third-order valence-electron chi connectivity index (χ3n) is 3.01. The van der Waals surface area contributed by atoms with Crippen LogP contribution in [0.3, 0.4) is 0 Å². The number of hydrogen-bond donors (Lipinski definition) is 0. The first-order valence-corrected chi connectivity index (χ1v) is 6.46. The van der Waals surface area contributed by atoms with Crippen LogP contribution in [0.4, 0.5) is 0 Å². The average Bonchev–Trinajstić information content (AvgIpc) is 2.35. The molecule has 13 heavy (non-hydrogen) atoms. The van der Waals surface area contributed by atoms with Crippen molar-refractivity contribution in [1.29, 1.82) is 0 Å². The fourth-order valence-corrected chi connectivity index (χ4v) is 3.89. The van der Waals surface area contributed by atoms with E-state index in [1.165, 1.54) is 30.6 Å². The average molecular weight is 198 g/mol. The number of rotatable bonds is 4. The molecule has 1 aliphatic rings. The molecular formula is C12H22S. The van der Waals surface area contributed by atoms with Gasteiger partial charge in [-0.15, -0.1) is 6.58 Å². The quantitative estimate of drug-likeness (QED) is 0.612. The maximum atomic E-state index is 4.03. The van der Waals surface area contributed by atoms with Crippen LogP contribution in [0.5, 0.6) is 0 Å². The highest BCUT2D eigenvalue weighted by Gasteiger charge is 2.32. The van der Waals surface area contributed by atoms with Crippen LogP contribution >= 0.6 is 11.8 Å². The molecule has 1 heterocycles. The van der Waals surface area contributed by atoms with Gasteiger partial charge in [0.05, 0.1) is 0 Å². The smallest absolute Gasteiger partial charge is 0.00501 e. The van der Waals surface area contributed by atoms with Crippen LogP contribution in [0.25, 0.3) is 0 Å². The lowest BCUT2D eigenvalue weighted by Gasteiger charge is -2.21. The van der Waals surface area contributed by atoms with E-state index in [2.05, 4.69) is 39.1 Å². The van der Waals surface area contributed by atoms with Gasteiger partial charge in [-0.1, -0.05) is 25.8 Å². The molecule has 3 atom stereocenters. The Morgan fingerprint density at radius 2 is 2.23 bits per heavy atom. The van der Waals surface area contributed by atoms with Crippen molar-refractivity contribution in [3.05, 3.63) is 12.2 Å². The normalized spacial score (nSPS) is 33.6. The molecule has 0 nitrogen and oxygen atoms in total. The van der Waals surface area contributed by atoms with Crippen molar-refractivity contribution in [1.82, 2.24) is 0 Å². The van der Waals surface area contributed by atoms with E-state index in [1.54, 1.807) is 0 Å². The van der Waals surface area contributed by atoms with Gasteiger partial charge < -0.3 is 0 Å². The molecule has 0 bridgehead atoms. The summed E-state index contributed by atoms with van der Waals surface area (Å²) in [5.74, 6) is 3.22. The highest BCUT2D eigenvalue weighted by molar-refractivity contribution is 8.00. The van der Waals surface area contributed by atoms with E-state index in [9.17, 15) is 0 Å². The SMILES string of the molecule is C=C(C)CC1CSC(C)C1CCC. The molecule has 0 amide bonds. The van der Waals surface area contributed by atoms with Crippen molar-refractivity contribution >= 4 is 11.8 Å². The van der Waals surface area contributed by atoms with Crippen LogP contribution in [0.15, 0.2) is 12.2 Å². The Hall–Kier alpha value is 0.0900. The first-order valence-electron chi connectivity index (χ1n) is 5.41. The topological polar surface area (TPSA) is 0 Å². The summed E-state index contributed by atoms with van der Waals surface area (Å²) in [5, 5.41) is 0.879. The second kappa shape index (κ2) is 5.09. The lowest BCUT2D eigenvalue weighted by molar-refractivity contribution is 0.353. The summed E-state index contributed by atoms with van der Waals surface area (Å²) in [5.41, 5.74) is 1.36. The van der Waals surface area contributed by atoms with Crippen LogP contribution in [0.2, 0.25) is 0 Å². The molecule has 0 aromatic carbocycles. The van der Waals surface area contributed by atoms with Crippen molar-refractivity contribution < 1.29 is 0 Å². The number of hydrogen-bond acceptors (Lipinski definition) is 1. The van der Waals surface area contributed by atoms with E-state index < -0.39 is 0 Å². The second-order valence-electron chi connectivity index (χ2n) is 4.41. The molecule has 3 unspecified atom stereocenters. The van der Waals surface area contributed by atoms with Gasteiger partial charge in [-0.2, -0.15) is 11.8 Å². The summed E-state index contributed by atoms with van der Waals surface area (Å²) in [6.07, 6.45) is 4.00. The van der Waals surface area contributed by atoms with E-state index in [4.69, 9.17) is 0 Å². The van der Waals surface area contributed by atoms with Gasteiger partial charge in [0.15, 0.2) is 0 Å². The molecule has 1 rings (SSSR count). The zero-order valence-electron chi connectivity index (χ0n) is 9.18. The van der Waals surface area contributed by atoms with E-state index in [0.717, 1.165) is 17.1 Å². The lowest BCUT2D eigenvalue weighted by Crippen LogP contribution is -2.17. The highest BCUT2D eigenvalue weighted by atomic mass is 32.2. The fraction of sp³-hybridized carbons (Fsp3) is 0.833. The van der Waals surface area contributed by atoms with Crippen molar-refractivity contribution in [2.24, 2.45) is 11.8 Å². The van der Waals surface area contributed by atoms with E-state index in [-0.39, 0.29) is 0 Å². The molecule has 1 aliphatic heterocycles. The van der Waals surface area contributed by atoms with E-state index in [1.807, 2.05) is 0 Å². The third kappa shape index (κ3) is 3.05. The van der Waals surface area contributed by atoms with Gasteiger partial charge in [0.25, 0.3) is 0 Å². The Morgan fingerprint density at radius 1 is 1.54 bits per heavy atom. The predicted molar refractivity (Wildman–Crippen MR) is 63.2 cm³/mol. The molecule has 1 saturated heterocycles. The van der Waals surface area contributed by atoms with Crippen LogP contribution in [0.1, 0.15) is 40.0 Å². The van der Waals surface area contributed by atoms with Gasteiger partial charge in [0, 0.05) is 5.25 Å². The zero-order valence-corrected chi connectivity index (χ0v) is 9.99. The van der Waals surface area contributed by atoms with E-state index >= 15 is 0 Å². The molecule has 0 aliphatic carbocycles. The van der Waals surface area contributed by atoms with Crippen LogP contribution < -0.4 is 0 Å². The van der Waals surface area contributed by atoms with Gasteiger partial charge >= 0.3 is 0 Å². The zero-order chi connectivity index (χ0) is 9.84. The van der Waals surface area contributed by atoms with Crippen molar-refractivity contribution in [3.8, 4) is 0 Å². The fourth-order valence-electron chi connectivity index (χ4n) is 2.37. The minimum absolute atomic E-state index is 0.879. The van der Waals surface area contributed by atoms with Crippen molar-refractivity contribution in [2.75, 3.05) is 5.75 Å². The molecule has 1 fully saturated rings. The monoisotopic (exact) mass is 198 g/mol. The molecule has 0 spiro atoms. The Balaban J connectivity index is 2.48. The molecule has 0 aromatic rings. The van der Waals surface area contributed by atoms with Crippen molar-refractivity contribution in [2.45, 2.75) is 45.3 Å². The Morgan fingerprint density at radius 3 is 2.77 bits per heavy atom. The predicted octanol–water partition coefficient (Wildman–Crippen LogP) is 4.12. The first kappa shape index (κ1) is 11.2. The molecule has 0 radical (unpaired) electrons. The molecule has 1 heteroatoms.